The molecule has 138 valence electrons. The summed E-state index contributed by atoms with van der Waals surface area (Å²) in [7, 11) is 1.59. The first-order valence-electron chi connectivity index (χ1n) is 7.87. The molecule has 0 unspecified atom stereocenters. The maximum atomic E-state index is 12.1. The predicted octanol–water partition coefficient (Wildman–Crippen LogP) is 2.25. The first-order chi connectivity index (χ1) is 11.8. The Labute approximate surface area is 143 Å². The van der Waals surface area contributed by atoms with Crippen LogP contribution in [0, 0.1) is 5.92 Å². The Bertz CT molecular complexity index is 597. The third kappa shape index (κ3) is 5.84. The fourth-order valence-corrected chi connectivity index (χ4v) is 2.65. The number of alkyl halides is 3. The lowest BCUT2D eigenvalue weighted by atomic mass is 9.96. The summed E-state index contributed by atoms with van der Waals surface area (Å²) in [6.07, 6.45) is -3.51. The first-order valence-corrected chi connectivity index (χ1v) is 7.87. The number of ether oxygens (including phenoxy) is 1. The van der Waals surface area contributed by atoms with E-state index in [1.165, 1.54) is 24.3 Å². The van der Waals surface area contributed by atoms with Gasteiger partial charge in [-0.2, -0.15) is 0 Å². The minimum Gasteiger partial charge on any atom is -0.406 e. The fourth-order valence-electron chi connectivity index (χ4n) is 2.65. The van der Waals surface area contributed by atoms with Crippen LogP contribution in [0.2, 0.25) is 0 Å². The lowest BCUT2D eigenvalue weighted by molar-refractivity contribution is -0.274. The van der Waals surface area contributed by atoms with Crippen LogP contribution in [0.15, 0.2) is 24.3 Å². The zero-order chi connectivity index (χ0) is 18.4. The molecule has 2 N–H and O–H groups in total. The van der Waals surface area contributed by atoms with E-state index < -0.39 is 6.36 Å². The number of urea groups is 1. The van der Waals surface area contributed by atoms with E-state index in [4.69, 9.17) is 0 Å². The SMILES string of the molecule is CNC(=O)C1CCN(C(=O)NCc2ccc(OC(F)(F)F)cc2)CC1. The lowest BCUT2D eigenvalue weighted by Gasteiger charge is -2.31. The molecule has 6 nitrogen and oxygen atoms in total. The van der Waals surface area contributed by atoms with Crippen LogP contribution in [0.5, 0.6) is 5.75 Å². The molecule has 1 saturated heterocycles. The van der Waals surface area contributed by atoms with Crippen LogP contribution < -0.4 is 15.4 Å². The van der Waals surface area contributed by atoms with Gasteiger partial charge in [-0.05, 0) is 30.5 Å². The molecular formula is C16H20F3N3O3. The topological polar surface area (TPSA) is 70.7 Å². The van der Waals surface area contributed by atoms with Gasteiger partial charge in [0.2, 0.25) is 5.91 Å². The van der Waals surface area contributed by atoms with E-state index in [1.54, 1.807) is 11.9 Å². The Kier molecular flexibility index (Phi) is 6.11. The van der Waals surface area contributed by atoms with Gasteiger partial charge in [-0.3, -0.25) is 4.79 Å². The number of hydrogen-bond acceptors (Lipinski definition) is 3. The zero-order valence-electron chi connectivity index (χ0n) is 13.7. The van der Waals surface area contributed by atoms with Gasteiger partial charge in [-0.15, -0.1) is 13.2 Å². The maximum absolute atomic E-state index is 12.1. The molecule has 0 aliphatic carbocycles. The van der Waals surface area contributed by atoms with Crippen molar-refractivity contribution in [1.82, 2.24) is 15.5 Å². The molecule has 1 heterocycles. The Hall–Kier alpha value is -2.45. The van der Waals surface area contributed by atoms with Crippen molar-refractivity contribution in [2.75, 3.05) is 20.1 Å². The molecule has 1 fully saturated rings. The number of halogens is 3. The van der Waals surface area contributed by atoms with Crippen molar-refractivity contribution in [2.24, 2.45) is 5.92 Å². The van der Waals surface area contributed by atoms with E-state index in [0.29, 0.717) is 31.5 Å². The molecule has 1 aliphatic heterocycles. The molecule has 0 radical (unpaired) electrons. The normalized spacial score (nSPS) is 15.6. The number of likely N-dealkylation sites (tertiary alicyclic amines) is 1. The van der Waals surface area contributed by atoms with Crippen LogP contribution in [0.25, 0.3) is 0 Å². The number of amides is 3. The van der Waals surface area contributed by atoms with Gasteiger partial charge in [0.15, 0.2) is 0 Å². The molecular weight excluding hydrogens is 339 g/mol. The summed E-state index contributed by atoms with van der Waals surface area (Å²) in [5, 5.41) is 5.32. The van der Waals surface area contributed by atoms with Crippen molar-refractivity contribution < 1.29 is 27.5 Å². The highest BCUT2D eigenvalue weighted by atomic mass is 19.4. The third-order valence-corrected chi connectivity index (χ3v) is 4.00. The monoisotopic (exact) mass is 359 g/mol. The van der Waals surface area contributed by atoms with Gasteiger partial charge >= 0.3 is 12.4 Å². The fraction of sp³-hybridized carbons (Fsp3) is 0.500. The maximum Gasteiger partial charge on any atom is 0.573 e. The van der Waals surface area contributed by atoms with Crippen molar-refractivity contribution in [2.45, 2.75) is 25.7 Å². The van der Waals surface area contributed by atoms with Gasteiger partial charge in [0.25, 0.3) is 0 Å². The second-order valence-electron chi connectivity index (χ2n) is 5.73. The zero-order valence-corrected chi connectivity index (χ0v) is 13.7. The number of piperidine rings is 1. The molecule has 0 bridgehead atoms. The number of rotatable bonds is 4. The number of carbonyl (C=O) groups is 2. The van der Waals surface area contributed by atoms with Crippen LogP contribution in [0.1, 0.15) is 18.4 Å². The molecule has 0 saturated carbocycles. The van der Waals surface area contributed by atoms with Gasteiger partial charge < -0.3 is 20.3 Å². The average Bonchev–Trinajstić information content (AvgIpc) is 2.59. The molecule has 0 atom stereocenters. The number of nitrogens with one attached hydrogen (secondary N) is 2. The van der Waals surface area contributed by atoms with Gasteiger partial charge in [0, 0.05) is 32.6 Å². The van der Waals surface area contributed by atoms with Crippen molar-refractivity contribution in [3.8, 4) is 5.75 Å². The number of hydrogen-bond donors (Lipinski definition) is 2. The van der Waals surface area contributed by atoms with Crippen LogP contribution >= 0.6 is 0 Å². The second-order valence-corrected chi connectivity index (χ2v) is 5.73. The van der Waals surface area contributed by atoms with E-state index >= 15 is 0 Å². The summed E-state index contributed by atoms with van der Waals surface area (Å²) >= 11 is 0. The second kappa shape index (κ2) is 8.09. The number of nitrogens with zero attached hydrogens (tertiary/aromatic N) is 1. The molecule has 1 aliphatic rings. The molecule has 1 aromatic carbocycles. The summed E-state index contributed by atoms with van der Waals surface area (Å²) in [6, 6.07) is 5.05. The molecule has 25 heavy (non-hydrogen) atoms. The van der Waals surface area contributed by atoms with Crippen molar-refractivity contribution in [3.05, 3.63) is 29.8 Å². The Morgan fingerprint density at radius 3 is 2.32 bits per heavy atom. The van der Waals surface area contributed by atoms with E-state index in [9.17, 15) is 22.8 Å². The van der Waals surface area contributed by atoms with E-state index in [-0.39, 0.29) is 30.2 Å². The number of carbonyl (C=O) groups excluding carboxylic acids is 2. The highest BCUT2D eigenvalue weighted by Gasteiger charge is 2.31. The van der Waals surface area contributed by atoms with Crippen LogP contribution in [0.4, 0.5) is 18.0 Å². The third-order valence-electron chi connectivity index (χ3n) is 4.00. The standard InChI is InChI=1S/C16H20F3N3O3/c1-20-14(23)12-6-8-22(9-7-12)15(24)21-10-11-2-4-13(5-3-11)25-16(17,18)19/h2-5,12H,6-10H2,1H3,(H,20,23)(H,21,24). The minimum atomic E-state index is -4.73. The smallest absolute Gasteiger partial charge is 0.406 e. The molecule has 3 amide bonds. The highest BCUT2D eigenvalue weighted by Crippen LogP contribution is 2.22. The minimum absolute atomic E-state index is 0.0128. The van der Waals surface area contributed by atoms with E-state index in [2.05, 4.69) is 15.4 Å². The van der Waals surface area contributed by atoms with Crippen LogP contribution in [-0.4, -0.2) is 43.3 Å². The predicted molar refractivity (Wildman–Crippen MR) is 83.7 cm³/mol. The molecule has 1 aromatic rings. The summed E-state index contributed by atoms with van der Waals surface area (Å²) < 4.78 is 40.1. The average molecular weight is 359 g/mol. The molecule has 0 aromatic heterocycles. The molecule has 9 heteroatoms. The van der Waals surface area contributed by atoms with Gasteiger partial charge in [0.05, 0.1) is 0 Å². The summed E-state index contributed by atoms with van der Waals surface area (Å²) in [5.41, 5.74) is 0.656. The summed E-state index contributed by atoms with van der Waals surface area (Å²) in [6.45, 7) is 1.17. The van der Waals surface area contributed by atoms with Crippen LogP contribution in [0.3, 0.4) is 0 Å². The Morgan fingerprint density at radius 1 is 1.20 bits per heavy atom. The van der Waals surface area contributed by atoms with Gasteiger partial charge in [-0.25, -0.2) is 4.79 Å². The quantitative estimate of drug-likeness (QED) is 0.866. The molecule has 0 spiro atoms. The van der Waals surface area contributed by atoms with Gasteiger partial charge in [-0.1, -0.05) is 12.1 Å². The number of benzene rings is 1. The van der Waals surface area contributed by atoms with E-state index in [0.717, 1.165) is 0 Å². The summed E-state index contributed by atoms with van der Waals surface area (Å²) in [5.74, 6) is -0.393. The van der Waals surface area contributed by atoms with Gasteiger partial charge in [0.1, 0.15) is 5.75 Å². The van der Waals surface area contributed by atoms with Crippen LogP contribution in [-0.2, 0) is 11.3 Å². The molecule has 2 rings (SSSR count). The van der Waals surface area contributed by atoms with E-state index in [1.807, 2.05) is 0 Å². The van der Waals surface area contributed by atoms with Crippen molar-refractivity contribution >= 4 is 11.9 Å². The lowest BCUT2D eigenvalue weighted by Crippen LogP contribution is -2.46. The Morgan fingerprint density at radius 2 is 1.80 bits per heavy atom. The summed E-state index contributed by atoms with van der Waals surface area (Å²) in [4.78, 5) is 25.3. The Balaban J connectivity index is 1.78. The van der Waals surface area contributed by atoms with Crippen molar-refractivity contribution in [1.29, 1.82) is 0 Å². The highest BCUT2D eigenvalue weighted by molar-refractivity contribution is 5.79. The van der Waals surface area contributed by atoms with Crippen molar-refractivity contribution in [3.63, 3.8) is 0 Å². The largest absolute Gasteiger partial charge is 0.573 e. The first kappa shape index (κ1) is 18.9.